The summed E-state index contributed by atoms with van der Waals surface area (Å²) in [6.45, 7) is 0. The van der Waals surface area contributed by atoms with Crippen LogP contribution in [0.25, 0.3) is 0 Å². The molecule has 0 aliphatic rings. The first-order valence-electron chi connectivity index (χ1n) is 3.96. The van der Waals surface area contributed by atoms with Crippen LogP contribution in [0.4, 0.5) is 0 Å². The summed E-state index contributed by atoms with van der Waals surface area (Å²) in [5.41, 5.74) is 1.76. The normalized spacial score (nSPS) is 13.1. The van der Waals surface area contributed by atoms with Crippen LogP contribution in [0.2, 0.25) is 0 Å². The van der Waals surface area contributed by atoms with Gasteiger partial charge in [0.25, 0.3) is 0 Å². The molecule has 0 amide bonds. The van der Waals surface area contributed by atoms with Crippen LogP contribution in [0.15, 0.2) is 29.2 Å². The van der Waals surface area contributed by atoms with Crippen molar-refractivity contribution in [1.29, 1.82) is 0 Å². The Bertz CT molecular complexity index is 380. The van der Waals surface area contributed by atoms with Crippen LogP contribution in [0.1, 0.15) is 17.2 Å². The van der Waals surface area contributed by atoms with Gasteiger partial charge in [-0.25, -0.2) is 0 Å². The van der Waals surface area contributed by atoms with E-state index in [1.807, 2.05) is 30.1 Å². The number of hydrogen-bond donors (Lipinski definition) is 1. The number of aliphatic hydroxyl groups excluding tert-OH is 1. The second-order valence-corrected chi connectivity index (χ2v) is 3.69. The lowest BCUT2D eigenvalue weighted by atomic mass is 10.1. The zero-order chi connectivity index (χ0) is 9.26. The smallest absolute Gasteiger partial charge is 0.108 e. The van der Waals surface area contributed by atoms with Crippen LogP contribution in [0, 0.1) is 0 Å². The Labute approximate surface area is 80.3 Å². The van der Waals surface area contributed by atoms with E-state index in [0.717, 1.165) is 11.1 Å². The van der Waals surface area contributed by atoms with Crippen molar-refractivity contribution in [2.24, 2.45) is 7.05 Å². The third-order valence-electron chi connectivity index (χ3n) is 1.90. The molecule has 13 heavy (non-hydrogen) atoms. The Morgan fingerprint density at radius 3 is 2.92 bits per heavy atom. The predicted octanol–water partition coefficient (Wildman–Crippen LogP) is 1.56. The van der Waals surface area contributed by atoms with Crippen LogP contribution in [0.3, 0.4) is 0 Å². The molecule has 0 aromatic carbocycles. The highest BCUT2D eigenvalue weighted by Crippen LogP contribution is 2.22. The molecule has 2 rings (SSSR count). The average molecular weight is 194 g/mol. The third-order valence-corrected chi connectivity index (χ3v) is 2.60. The molecular formula is C9H10N2OS. The number of aliphatic hydroxyl groups is 1. The van der Waals surface area contributed by atoms with Gasteiger partial charge in [-0.15, -0.1) is 0 Å². The molecule has 2 aromatic heterocycles. The molecule has 0 bridgehead atoms. The number of thiophene rings is 1. The van der Waals surface area contributed by atoms with Crippen molar-refractivity contribution in [2.45, 2.75) is 6.10 Å². The zero-order valence-corrected chi connectivity index (χ0v) is 8.03. The lowest BCUT2D eigenvalue weighted by Gasteiger charge is -2.04. The maximum absolute atomic E-state index is 9.85. The summed E-state index contributed by atoms with van der Waals surface area (Å²) >= 11 is 1.58. The minimum Gasteiger partial charge on any atom is -0.384 e. The van der Waals surface area contributed by atoms with Gasteiger partial charge < -0.3 is 5.11 Å². The molecule has 0 saturated heterocycles. The van der Waals surface area contributed by atoms with Crippen LogP contribution in [-0.4, -0.2) is 14.9 Å². The van der Waals surface area contributed by atoms with Gasteiger partial charge >= 0.3 is 0 Å². The van der Waals surface area contributed by atoms with Gasteiger partial charge in [-0.05, 0) is 22.4 Å². The monoisotopic (exact) mass is 194 g/mol. The van der Waals surface area contributed by atoms with E-state index in [1.54, 1.807) is 22.2 Å². The van der Waals surface area contributed by atoms with E-state index in [4.69, 9.17) is 0 Å². The summed E-state index contributed by atoms with van der Waals surface area (Å²) < 4.78 is 1.69. The fourth-order valence-electron chi connectivity index (χ4n) is 1.20. The van der Waals surface area contributed by atoms with Crippen LogP contribution in [-0.2, 0) is 7.05 Å². The van der Waals surface area contributed by atoms with Crippen molar-refractivity contribution in [3.8, 4) is 0 Å². The average Bonchev–Trinajstić information content (AvgIpc) is 2.72. The van der Waals surface area contributed by atoms with Crippen molar-refractivity contribution in [1.82, 2.24) is 9.78 Å². The van der Waals surface area contributed by atoms with Gasteiger partial charge in [0, 0.05) is 18.8 Å². The van der Waals surface area contributed by atoms with Crippen molar-refractivity contribution in [2.75, 3.05) is 0 Å². The minimum absolute atomic E-state index is 0.542. The Kier molecular flexibility index (Phi) is 2.16. The summed E-state index contributed by atoms with van der Waals surface area (Å²) in [5, 5.41) is 17.8. The Hall–Kier alpha value is -1.13. The molecule has 1 atom stereocenters. The maximum atomic E-state index is 9.85. The van der Waals surface area contributed by atoms with Crippen molar-refractivity contribution in [3.05, 3.63) is 40.3 Å². The predicted molar refractivity (Wildman–Crippen MR) is 51.6 cm³/mol. The lowest BCUT2D eigenvalue weighted by Crippen LogP contribution is -1.95. The Morgan fingerprint density at radius 2 is 2.38 bits per heavy atom. The molecule has 2 heterocycles. The molecule has 0 aliphatic carbocycles. The van der Waals surface area contributed by atoms with E-state index in [2.05, 4.69) is 5.10 Å². The minimum atomic E-state index is -0.542. The second-order valence-electron chi connectivity index (χ2n) is 2.91. The molecule has 4 heteroatoms. The van der Waals surface area contributed by atoms with Gasteiger partial charge in [0.1, 0.15) is 6.10 Å². The Balaban J connectivity index is 2.28. The Morgan fingerprint density at radius 1 is 1.54 bits per heavy atom. The highest BCUT2D eigenvalue weighted by molar-refractivity contribution is 7.07. The van der Waals surface area contributed by atoms with Gasteiger partial charge in [-0.1, -0.05) is 0 Å². The largest absolute Gasteiger partial charge is 0.384 e. The number of nitrogens with zero attached hydrogens (tertiary/aromatic N) is 2. The topological polar surface area (TPSA) is 38.0 Å². The van der Waals surface area contributed by atoms with Gasteiger partial charge in [-0.3, -0.25) is 4.68 Å². The summed E-state index contributed by atoms with van der Waals surface area (Å²) in [5.74, 6) is 0. The molecule has 68 valence electrons. The quantitative estimate of drug-likeness (QED) is 0.788. The molecule has 0 saturated carbocycles. The van der Waals surface area contributed by atoms with Crippen molar-refractivity contribution < 1.29 is 5.11 Å². The summed E-state index contributed by atoms with van der Waals surface area (Å²) in [6.07, 6.45) is 2.96. The third kappa shape index (κ3) is 1.64. The molecule has 1 unspecified atom stereocenters. The standard InChI is InChI=1S/C9H10N2OS/c1-11-5-8(4-10-11)9(12)7-2-3-13-6-7/h2-6,9,12H,1H3. The molecule has 0 radical (unpaired) electrons. The van der Waals surface area contributed by atoms with Crippen molar-refractivity contribution in [3.63, 3.8) is 0 Å². The van der Waals surface area contributed by atoms with E-state index >= 15 is 0 Å². The highest BCUT2D eigenvalue weighted by Gasteiger charge is 2.11. The van der Waals surface area contributed by atoms with Gasteiger partial charge in [-0.2, -0.15) is 16.4 Å². The fraction of sp³-hybridized carbons (Fsp3) is 0.222. The molecule has 0 spiro atoms. The first-order chi connectivity index (χ1) is 6.27. The maximum Gasteiger partial charge on any atom is 0.108 e. The number of hydrogen-bond acceptors (Lipinski definition) is 3. The summed E-state index contributed by atoms with van der Waals surface area (Å²) in [7, 11) is 1.84. The van der Waals surface area contributed by atoms with Crippen molar-refractivity contribution >= 4 is 11.3 Å². The van der Waals surface area contributed by atoms with Gasteiger partial charge in [0.15, 0.2) is 0 Å². The van der Waals surface area contributed by atoms with Gasteiger partial charge in [0.05, 0.1) is 6.20 Å². The van der Waals surface area contributed by atoms with E-state index in [1.165, 1.54) is 0 Å². The van der Waals surface area contributed by atoms with E-state index in [-0.39, 0.29) is 0 Å². The molecule has 0 fully saturated rings. The first kappa shape index (κ1) is 8.47. The number of aromatic nitrogens is 2. The molecular weight excluding hydrogens is 184 g/mol. The molecule has 1 N–H and O–H groups in total. The van der Waals surface area contributed by atoms with E-state index in [9.17, 15) is 5.11 Å². The van der Waals surface area contributed by atoms with E-state index in [0.29, 0.717) is 0 Å². The highest BCUT2D eigenvalue weighted by atomic mass is 32.1. The first-order valence-corrected chi connectivity index (χ1v) is 4.90. The molecule has 2 aromatic rings. The van der Waals surface area contributed by atoms with Crippen LogP contribution >= 0.6 is 11.3 Å². The van der Waals surface area contributed by atoms with E-state index < -0.39 is 6.10 Å². The summed E-state index contributed by atoms with van der Waals surface area (Å²) in [6, 6.07) is 1.92. The number of rotatable bonds is 2. The summed E-state index contributed by atoms with van der Waals surface area (Å²) in [4.78, 5) is 0. The number of aryl methyl sites for hydroxylation is 1. The van der Waals surface area contributed by atoms with Gasteiger partial charge in [0.2, 0.25) is 0 Å². The lowest BCUT2D eigenvalue weighted by molar-refractivity contribution is 0.221. The SMILES string of the molecule is Cn1cc(C(O)c2ccsc2)cn1. The fourth-order valence-corrected chi connectivity index (χ4v) is 1.88. The van der Waals surface area contributed by atoms with Crippen LogP contribution < -0.4 is 0 Å². The zero-order valence-electron chi connectivity index (χ0n) is 7.21. The second kappa shape index (κ2) is 3.32. The van der Waals surface area contributed by atoms with Crippen LogP contribution in [0.5, 0.6) is 0 Å². The molecule has 0 aliphatic heterocycles. The molecule has 3 nitrogen and oxygen atoms in total.